The zero-order valence-electron chi connectivity index (χ0n) is 9.63. The lowest BCUT2D eigenvalue weighted by Crippen LogP contribution is -2.20. The molecule has 0 amide bonds. The number of benzene rings is 1. The lowest BCUT2D eigenvalue weighted by atomic mass is 10.1. The highest BCUT2D eigenvalue weighted by Gasteiger charge is 2.43. The molecule has 3 nitrogen and oxygen atoms in total. The molecule has 2 aromatic rings. The van der Waals surface area contributed by atoms with Gasteiger partial charge < -0.3 is 10.7 Å². The van der Waals surface area contributed by atoms with Crippen LogP contribution in [0.5, 0.6) is 0 Å². The smallest absolute Gasteiger partial charge is 0.127 e. The van der Waals surface area contributed by atoms with Gasteiger partial charge in [-0.15, -0.1) is 0 Å². The number of nitrogens with one attached hydrogen (secondary N) is 1. The SMILES string of the molecule is Cc1[nH]c(C2(N)CC2)nc1-c1ccccc1Cl. The highest BCUT2D eigenvalue weighted by atomic mass is 35.5. The zero-order valence-corrected chi connectivity index (χ0v) is 10.4. The fraction of sp³-hybridized carbons (Fsp3) is 0.308. The van der Waals surface area contributed by atoms with Gasteiger partial charge in [-0.25, -0.2) is 4.98 Å². The number of H-pyrrole nitrogens is 1. The summed E-state index contributed by atoms with van der Waals surface area (Å²) in [5, 5.41) is 0.718. The molecule has 88 valence electrons. The standard InChI is InChI=1S/C13H14ClN3/c1-8-11(9-4-2-3-5-10(9)14)17-12(16-8)13(15)6-7-13/h2-5H,6-7,15H2,1H3,(H,16,17). The van der Waals surface area contributed by atoms with Crippen molar-refractivity contribution < 1.29 is 0 Å². The predicted molar refractivity (Wildman–Crippen MR) is 68.9 cm³/mol. The Bertz CT molecular complexity index is 570. The maximum atomic E-state index is 6.18. The molecule has 0 radical (unpaired) electrons. The Kier molecular flexibility index (Phi) is 2.28. The normalized spacial score (nSPS) is 17.1. The third-order valence-electron chi connectivity index (χ3n) is 3.27. The van der Waals surface area contributed by atoms with Gasteiger partial charge >= 0.3 is 0 Å². The summed E-state index contributed by atoms with van der Waals surface area (Å²) in [6.45, 7) is 2.00. The molecule has 17 heavy (non-hydrogen) atoms. The minimum Gasteiger partial charge on any atom is -0.344 e. The Labute approximate surface area is 105 Å². The maximum Gasteiger partial charge on any atom is 0.127 e. The average Bonchev–Trinajstić information content (AvgIpc) is 2.93. The molecule has 1 heterocycles. The number of aromatic amines is 1. The van der Waals surface area contributed by atoms with E-state index in [2.05, 4.69) is 9.97 Å². The second-order valence-corrected chi connectivity index (χ2v) is 5.10. The van der Waals surface area contributed by atoms with Crippen molar-refractivity contribution in [2.45, 2.75) is 25.3 Å². The third kappa shape index (κ3) is 1.75. The molecule has 3 N–H and O–H groups in total. The second-order valence-electron chi connectivity index (χ2n) is 4.70. The number of aromatic nitrogens is 2. The number of nitrogens with two attached hydrogens (primary N) is 1. The Morgan fingerprint density at radius 3 is 2.71 bits per heavy atom. The number of halogens is 1. The Morgan fingerprint density at radius 2 is 2.06 bits per heavy atom. The quantitative estimate of drug-likeness (QED) is 0.857. The van der Waals surface area contributed by atoms with E-state index in [1.54, 1.807) is 0 Å². The van der Waals surface area contributed by atoms with Crippen LogP contribution in [0.3, 0.4) is 0 Å². The van der Waals surface area contributed by atoms with Gasteiger partial charge in [-0.2, -0.15) is 0 Å². The number of hydrogen-bond acceptors (Lipinski definition) is 2. The molecule has 4 heteroatoms. The predicted octanol–water partition coefficient (Wildman–Crippen LogP) is 2.99. The molecule has 1 aliphatic carbocycles. The van der Waals surface area contributed by atoms with Crippen molar-refractivity contribution in [3.05, 3.63) is 40.8 Å². The molecule has 1 fully saturated rings. The highest BCUT2D eigenvalue weighted by molar-refractivity contribution is 6.33. The average molecular weight is 248 g/mol. The van der Waals surface area contributed by atoms with Gasteiger partial charge in [-0.3, -0.25) is 0 Å². The first-order chi connectivity index (χ1) is 8.10. The summed E-state index contributed by atoms with van der Waals surface area (Å²) in [4.78, 5) is 7.89. The molecule has 0 bridgehead atoms. The first-order valence-corrected chi connectivity index (χ1v) is 6.09. The number of aryl methyl sites for hydroxylation is 1. The van der Waals surface area contributed by atoms with E-state index >= 15 is 0 Å². The largest absolute Gasteiger partial charge is 0.344 e. The van der Waals surface area contributed by atoms with Crippen LogP contribution in [0.1, 0.15) is 24.4 Å². The Hall–Kier alpha value is -1.32. The monoisotopic (exact) mass is 247 g/mol. The molecular formula is C13H14ClN3. The van der Waals surface area contributed by atoms with E-state index < -0.39 is 0 Å². The van der Waals surface area contributed by atoms with Gasteiger partial charge in [0, 0.05) is 11.3 Å². The molecule has 0 saturated heterocycles. The van der Waals surface area contributed by atoms with Gasteiger partial charge in [0.1, 0.15) is 5.82 Å². The number of hydrogen-bond donors (Lipinski definition) is 2. The van der Waals surface area contributed by atoms with Crippen molar-refractivity contribution in [3.63, 3.8) is 0 Å². The summed E-state index contributed by atoms with van der Waals surface area (Å²) >= 11 is 6.18. The minimum absolute atomic E-state index is 0.232. The van der Waals surface area contributed by atoms with Gasteiger partial charge in [-0.05, 0) is 25.8 Å². The van der Waals surface area contributed by atoms with Crippen LogP contribution in [-0.2, 0) is 5.54 Å². The molecule has 0 aliphatic heterocycles. The van der Waals surface area contributed by atoms with Crippen molar-refractivity contribution in [3.8, 4) is 11.3 Å². The molecular weight excluding hydrogens is 234 g/mol. The van der Waals surface area contributed by atoms with Gasteiger partial charge in [-0.1, -0.05) is 29.8 Å². The van der Waals surface area contributed by atoms with Crippen LogP contribution < -0.4 is 5.73 Å². The summed E-state index contributed by atoms with van der Waals surface area (Å²) in [6.07, 6.45) is 2.00. The Balaban J connectivity index is 2.10. The fourth-order valence-corrected chi connectivity index (χ4v) is 2.21. The van der Waals surface area contributed by atoms with E-state index in [0.717, 1.165) is 40.6 Å². The summed E-state index contributed by atoms with van der Waals surface area (Å²) in [5.41, 5.74) is 8.79. The van der Waals surface area contributed by atoms with E-state index in [1.807, 2.05) is 31.2 Å². The maximum absolute atomic E-state index is 6.18. The second kappa shape index (κ2) is 3.59. The van der Waals surface area contributed by atoms with Crippen LogP contribution in [0.4, 0.5) is 0 Å². The van der Waals surface area contributed by atoms with Crippen molar-refractivity contribution in [1.82, 2.24) is 9.97 Å². The lowest BCUT2D eigenvalue weighted by Gasteiger charge is -2.02. The fourth-order valence-electron chi connectivity index (χ4n) is 1.98. The van der Waals surface area contributed by atoms with E-state index in [9.17, 15) is 0 Å². The highest BCUT2D eigenvalue weighted by Crippen LogP contribution is 2.42. The first-order valence-electron chi connectivity index (χ1n) is 5.71. The lowest BCUT2D eigenvalue weighted by molar-refractivity contribution is 0.684. The molecule has 0 atom stereocenters. The molecule has 3 rings (SSSR count). The van der Waals surface area contributed by atoms with Crippen molar-refractivity contribution in [1.29, 1.82) is 0 Å². The van der Waals surface area contributed by atoms with Crippen LogP contribution in [0.25, 0.3) is 11.3 Å². The number of rotatable bonds is 2. The topological polar surface area (TPSA) is 54.7 Å². The van der Waals surface area contributed by atoms with E-state index in [0.29, 0.717) is 0 Å². The first kappa shape index (κ1) is 10.8. The van der Waals surface area contributed by atoms with Gasteiger partial charge in [0.15, 0.2) is 0 Å². The van der Waals surface area contributed by atoms with E-state index in [4.69, 9.17) is 17.3 Å². The van der Waals surface area contributed by atoms with Crippen molar-refractivity contribution >= 4 is 11.6 Å². The molecule has 1 aliphatic rings. The number of nitrogens with zero attached hydrogens (tertiary/aromatic N) is 1. The van der Waals surface area contributed by atoms with Crippen molar-refractivity contribution in [2.75, 3.05) is 0 Å². The van der Waals surface area contributed by atoms with E-state index in [-0.39, 0.29) is 5.54 Å². The summed E-state index contributed by atoms with van der Waals surface area (Å²) in [5.74, 6) is 0.880. The summed E-state index contributed by atoms with van der Waals surface area (Å²) in [6, 6.07) is 7.73. The van der Waals surface area contributed by atoms with Gasteiger partial charge in [0.2, 0.25) is 0 Å². The molecule has 0 spiro atoms. The third-order valence-corrected chi connectivity index (χ3v) is 3.60. The molecule has 0 unspecified atom stereocenters. The van der Waals surface area contributed by atoms with Crippen LogP contribution in [0, 0.1) is 6.92 Å². The molecule has 1 aromatic heterocycles. The summed E-state index contributed by atoms with van der Waals surface area (Å²) in [7, 11) is 0. The van der Waals surface area contributed by atoms with Crippen LogP contribution in [0.2, 0.25) is 5.02 Å². The van der Waals surface area contributed by atoms with Crippen LogP contribution >= 0.6 is 11.6 Å². The number of imidazole rings is 1. The molecule has 1 aromatic carbocycles. The van der Waals surface area contributed by atoms with E-state index in [1.165, 1.54) is 0 Å². The zero-order chi connectivity index (χ0) is 12.0. The van der Waals surface area contributed by atoms with Crippen LogP contribution in [-0.4, -0.2) is 9.97 Å². The van der Waals surface area contributed by atoms with Gasteiger partial charge in [0.05, 0.1) is 16.3 Å². The van der Waals surface area contributed by atoms with Crippen LogP contribution in [0.15, 0.2) is 24.3 Å². The van der Waals surface area contributed by atoms with Gasteiger partial charge in [0.25, 0.3) is 0 Å². The summed E-state index contributed by atoms with van der Waals surface area (Å²) < 4.78 is 0. The molecule has 1 saturated carbocycles. The van der Waals surface area contributed by atoms with Crippen molar-refractivity contribution in [2.24, 2.45) is 5.73 Å². The minimum atomic E-state index is -0.232. The Morgan fingerprint density at radius 1 is 1.35 bits per heavy atom.